The summed E-state index contributed by atoms with van der Waals surface area (Å²) in [6.45, 7) is 2.69. The van der Waals surface area contributed by atoms with Gasteiger partial charge in [-0.2, -0.15) is 0 Å². The van der Waals surface area contributed by atoms with Gasteiger partial charge < -0.3 is 10.2 Å². The summed E-state index contributed by atoms with van der Waals surface area (Å²) in [5.41, 5.74) is 0.816. The molecule has 0 aliphatic carbocycles. The molecule has 1 aliphatic rings. The van der Waals surface area contributed by atoms with E-state index in [1.807, 2.05) is 54.4 Å². The first-order valence-corrected chi connectivity index (χ1v) is 9.35. The van der Waals surface area contributed by atoms with Crippen molar-refractivity contribution >= 4 is 30.1 Å². The Hall–Kier alpha value is -1.49. The van der Waals surface area contributed by atoms with E-state index in [4.69, 9.17) is 0 Å². The van der Waals surface area contributed by atoms with E-state index in [0.29, 0.717) is 5.92 Å². The minimum Gasteiger partial charge on any atom is -0.338 e. The van der Waals surface area contributed by atoms with E-state index in [1.165, 1.54) is 6.42 Å². The molecule has 1 saturated heterocycles. The van der Waals surface area contributed by atoms with Crippen LogP contribution in [0, 0.1) is 5.92 Å². The molecule has 0 saturated carbocycles. The Morgan fingerprint density at radius 1 is 1.16 bits per heavy atom. The number of hydrogen-bond acceptors (Lipinski definition) is 3. The van der Waals surface area contributed by atoms with E-state index in [9.17, 15) is 4.79 Å². The number of carbonyl (C=O) groups excluding carboxylic acids is 1. The van der Waals surface area contributed by atoms with E-state index < -0.39 is 0 Å². The summed E-state index contributed by atoms with van der Waals surface area (Å²) >= 11 is 1.66. The van der Waals surface area contributed by atoms with Gasteiger partial charge in [0, 0.05) is 22.9 Å². The van der Waals surface area contributed by atoms with Crippen molar-refractivity contribution in [3.8, 4) is 0 Å². The van der Waals surface area contributed by atoms with Crippen molar-refractivity contribution in [2.45, 2.75) is 22.6 Å². The van der Waals surface area contributed by atoms with Gasteiger partial charge in [0.2, 0.25) is 0 Å². The third-order valence-corrected chi connectivity index (χ3v) is 5.47. The van der Waals surface area contributed by atoms with Gasteiger partial charge in [0.1, 0.15) is 0 Å². The molecule has 1 aliphatic heterocycles. The molecule has 1 unspecified atom stereocenters. The molecule has 3 rings (SSSR count). The summed E-state index contributed by atoms with van der Waals surface area (Å²) in [6, 6.07) is 18.2. The molecule has 1 atom stereocenters. The molecule has 1 fully saturated rings. The normalized spacial score (nSPS) is 17.0. The predicted octanol–water partition coefficient (Wildman–Crippen LogP) is 4.33. The molecule has 25 heavy (non-hydrogen) atoms. The van der Waals surface area contributed by atoms with Crippen LogP contribution in [-0.2, 0) is 0 Å². The fourth-order valence-electron chi connectivity index (χ4n) is 3.22. The van der Waals surface area contributed by atoms with Crippen LogP contribution in [0.2, 0.25) is 0 Å². The van der Waals surface area contributed by atoms with Gasteiger partial charge in [-0.15, -0.1) is 12.4 Å². The van der Waals surface area contributed by atoms with Crippen LogP contribution in [0.1, 0.15) is 23.2 Å². The van der Waals surface area contributed by atoms with Crippen LogP contribution >= 0.6 is 24.2 Å². The molecule has 0 spiro atoms. The van der Waals surface area contributed by atoms with Gasteiger partial charge in [-0.1, -0.05) is 42.1 Å². The van der Waals surface area contributed by atoms with Crippen LogP contribution < -0.4 is 5.32 Å². The first-order chi connectivity index (χ1) is 11.8. The van der Waals surface area contributed by atoms with Crippen molar-refractivity contribution < 1.29 is 4.79 Å². The van der Waals surface area contributed by atoms with Crippen LogP contribution in [0.3, 0.4) is 0 Å². The fourth-order valence-corrected chi connectivity index (χ4v) is 4.18. The maximum Gasteiger partial charge on any atom is 0.255 e. The van der Waals surface area contributed by atoms with Crippen molar-refractivity contribution in [1.82, 2.24) is 10.2 Å². The molecule has 5 heteroatoms. The van der Waals surface area contributed by atoms with E-state index >= 15 is 0 Å². The Kier molecular flexibility index (Phi) is 7.82. The Morgan fingerprint density at radius 2 is 1.88 bits per heavy atom. The number of rotatable bonds is 5. The van der Waals surface area contributed by atoms with Gasteiger partial charge in [0.05, 0.1) is 5.56 Å². The van der Waals surface area contributed by atoms with Gasteiger partial charge in [-0.3, -0.25) is 4.79 Å². The molecule has 0 aromatic heterocycles. The Morgan fingerprint density at radius 3 is 2.64 bits per heavy atom. The molecule has 1 amide bonds. The summed E-state index contributed by atoms with van der Waals surface area (Å²) in [4.78, 5) is 17.3. The topological polar surface area (TPSA) is 32.3 Å². The molecule has 134 valence electrons. The first kappa shape index (κ1) is 19.8. The van der Waals surface area contributed by atoms with Crippen molar-refractivity contribution in [2.24, 2.45) is 5.92 Å². The van der Waals surface area contributed by atoms with Crippen molar-refractivity contribution in [3.63, 3.8) is 0 Å². The molecule has 2 aromatic carbocycles. The summed E-state index contributed by atoms with van der Waals surface area (Å²) in [7, 11) is 1.98. The van der Waals surface area contributed by atoms with Gasteiger partial charge in [-0.25, -0.2) is 0 Å². The fraction of sp³-hybridized carbons (Fsp3) is 0.350. The third-order valence-electron chi connectivity index (χ3n) is 4.39. The average molecular weight is 377 g/mol. The maximum absolute atomic E-state index is 13.1. The lowest BCUT2D eigenvalue weighted by atomic mass is 9.97. The second kappa shape index (κ2) is 9.85. The average Bonchev–Trinajstić information content (AvgIpc) is 2.63. The van der Waals surface area contributed by atoms with E-state index in [0.717, 1.165) is 41.4 Å². The summed E-state index contributed by atoms with van der Waals surface area (Å²) in [5.74, 6) is 0.719. The van der Waals surface area contributed by atoms with Crippen molar-refractivity contribution in [2.75, 3.05) is 26.7 Å². The van der Waals surface area contributed by atoms with Gasteiger partial charge in [0.25, 0.3) is 5.91 Å². The zero-order valence-corrected chi connectivity index (χ0v) is 16.1. The molecule has 2 aromatic rings. The number of piperidine rings is 1. The number of benzene rings is 2. The van der Waals surface area contributed by atoms with Crippen LogP contribution in [-0.4, -0.2) is 37.5 Å². The van der Waals surface area contributed by atoms with Gasteiger partial charge >= 0.3 is 0 Å². The van der Waals surface area contributed by atoms with E-state index in [1.54, 1.807) is 11.8 Å². The van der Waals surface area contributed by atoms with Crippen molar-refractivity contribution in [1.29, 1.82) is 0 Å². The second-order valence-corrected chi connectivity index (χ2v) is 7.34. The second-order valence-electron chi connectivity index (χ2n) is 6.23. The summed E-state index contributed by atoms with van der Waals surface area (Å²) in [6.07, 6.45) is 2.29. The monoisotopic (exact) mass is 376 g/mol. The summed E-state index contributed by atoms with van der Waals surface area (Å²) < 4.78 is 0. The van der Waals surface area contributed by atoms with Gasteiger partial charge in [0.15, 0.2) is 0 Å². The highest BCUT2D eigenvalue weighted by Gasteiger charge is 2.25. The number of amides is 1. The zero-order valence-electron chi connectivity index (χ0n) is 14.5. The largest absolute Gasteiger partial charge is 0.338 e. The van der Waals surface area contributed by atoms with Crippen LogP contribution in [0.5, 0.6) is 0 Å². The Bertz CT molecular complexity index is 678. The number of nitrogens with zero attached hydrogens (tertiary/aromatic N) is 1. The molecule has 1 N–H and O–H groups in total. The third kappa shape index (κ3) is 5.24. The van der Waals surface area contributed by atoms with E-state index in [-0.39, 0.29) is 18.3 Å². The Labute approximate surface area is 160 Å². The Balaban J connectivity index is 0.00000225. The number of hydrogen-bond donors (Lipinski definition) is 1. The molecule has 1 heterocycles. The highest BCUT2D eigenvalue weighted by molar-refractivity contribution is 7.99. The maximum atomic E-state index is 13.1. The smallest absolute Gasteiger partial charge is 0.255 e. The highest BCUT2D eigenvalue weighted by Crippen LogP contribution is 2.31. The van der Waals surface area contributed by atoms with Crippen LogP contribution in [0.15, 0.2) is 64.4 Å². The lowest BCUT2D eigenvalue weighted by molar-refractivity contribution is 0.0671. The molecule has 3 nitrogen and oxygen atoms in total. The quantitative estimate of drug-likeness (QED) is 0.842. The molecule has 0 radical (unpaired) electrons. The van der Waals surface area contributed by atoms with Gasteiger partial charge in [-0.05, 0) is 56.6 Å². The number of halogens is 1. The lowest BCUT2D eigenvalue weighted by Gasteiger charge is -2.33. The van der Waals surface area contributed by atoms with Crippen LogP contribution in [0.4, 0.5) is 0 Å². The number of carbonyl (C=O) groups is 1. The number of likely N-dealkylation sites (tertiary alicyclic amines) is 1. The summed E-state index contributed by atoms with van der Waals surface area (Å²) in [5, 5.41) is 3.24. The minimum absolute atomic E-state index is 0. The van der Waals surface area contributed by atoms with Crippen LogP contribution in [0.25, 0.3) is 0 Å². The highest BCUT2D eigenvalue weighted by atomic mass is 35.5. The number of nitrogens with one attached hydrogen (secondary N) is 1. The lowest BCUT2D eigenvalue weighted by Crippen LogP contribution is -2.42. The SMILES string of the molecule is CNCC1CCCN(C(=O)c2ccccc2Sc2ccccc2)C1.Cl. The standard InChI is InChI=1S/C20H24N2OS.ClH/c1-21-14-16-8-7-13-22(15-16)20(23)18-11-5-6-12-19(18)24-17-9-3-2-4-10-17;/h2-6,9-12,16,21H,7-8,13-15H2,1H3;1H. The van der Waals surface area contributed by atoms with E-state index in [2.05, 4.69) is 17.4 Å². The molecule has 0 bridgehead atoms. The van der Waals surface area contributed by atoms with Crippen molar-refractivity contribution in [3.05, 3.63) is 60.2 Å². The molecular formula is C20H25ClN2OS. The zero-order chi connectivity index (χ0) is 16.8. The minimum atomic E-state index is 0. The molecular weight excluding hydrogens is 352 g/mol. The first-order valence-electron chi connectivity index (χ1n) is 8.53. The predicted molar refractivity (Wildman–Crippen MR) is 107 cm³/mol.